The second-order valence-corrected chi connectivity index (χ2v) is 6.29. The minimum Gasteiger partial charge on any atom is -0.497 e. The third-order valence-corrected chi connectivity index (χ3v) is 4.28. The summed E-state index contributed by atoms with van der Waals surface area (Å²) in [7, 11) is 1.60. The predicted molar refractivity (Wildman–Crippen MR) is 103 cm³/mol. The molecule has 0 saturated heterocycles. The summed E-state index contributed by atoms with van der Waals surface area (Å²) in [4.78, 5) is 11.0. The van der Waals surface area contributed by atoms with E-state index in [1.54, 1.807) is 20.1 Å². The van der Waals surface area contributed by atoms with Gasteiger partial charge >= 0.3 is 5.97 Å². The Balaban J connectivity index is 1.59. The van der Waals surface area contributed by atoms with Crippen LogP contribution >= 0.6 is 0 Å². The zero-order chi connectivity index (χ0) is 19.9. The van der Waals surface area contributed by atoms with Crippen molar-refractivity contribution in [1.82, 2.24) is 0 Å². The minimum atomic E-state index is -0.876. The van der Waals surface area contributed by atoms with Crippen molar-refractivity contribution in [1.29, 1.82) is 0 Å². The smallest absolute Gasteiger partial charge is 0.304 e. The van der Waals surface area contributed by atoms with Gasteiger partial charge in [-0.05, 0) is 36.8 Å². The first-order chi connectivity index (χ1) is 13.6. The summed E-state index contributed by atoms with van der Waals surface area (Å²) in [6.45, 7) is 2.42. The lowest BCUT2D eigenvalue weighted by Gasteiger charge is -2.26. The van der Waals surface area contributed by atoms with E-state index in [-0.39, 0.29) is 18.4 Å². The van der Waals surface area contributed by atoms with Crippen LogP contribution in [0.3, 0.4) is 0 Å². The molecule has 1 aliphatic heterocycles. The Bertz CT molecular complexity index is 878. The highest BCUT2D eigenvalue weighted by Gasteiger charge is 2.22. The Hall–Kier alpha value is -3.33. The van der Waals surface area contributed by atoms with E-state index >= 15 is 0 Å². The standard InChI is InChI=1S/C22H22O6/c1-3-4-16(11-22(23)24)15-5-7-17(8-6-15)26-13-19-14-27-20-10-9-18(25-2)12-21(20)28-19/h5-10,12,16,19H,11,13-14H2,1-2H3,(H,23,24)/t16-,19-/m0/s1. The fourth-order valence-corrected chi connectivity index (χ4v) is 2.89. The van der Waals surface area contributed by atoms with Crippen molar-refractivity contribution in [3.63, 3.8) is 0 Å². The highest BCUT2D eigenvalue weighted by Crippen LogP contribution is 2.35. The Morgan fingerprint density at radius 2 is 1.96 bits per heavy atom. The maximum Gasteiger partial charge on any atom is 0.304 e. The first-order valence-corrected chi connectivity index (χ1v) is 8.93. The molecule has 1 N–H and O–H groups in total. The summed E-state index contributed by atoms with van der Waals surface area (Å²) in [5.74, 6) is 7.19. The lowest BCUT2D eigenvalue weighted by Crippen LogP contribution is -2.34. The van der Waals surface area contributed by atoms with Crippen LogP contribution < -0.4 is 18.9 Å². The number of carbonyl (C=O) groups is 1. The fraction of sp³-hybridized carbons (Fsp3) is 0.318. The highest BCUT2D eigenvalue weighted by molar-refractivity contribution is 5.69. The van der Waals surface area contributed by atoms with Crippen molar-refractivity contribution >= 4 is 5.97 Å². The van der Waals surface area contributed by atoms with Gasteiger partial charge in [-0.25, -0.2) is 0 Å². The van der Waals surface area contributed by atoms with E-state index < -0.39 is 5.97 Å². The maximum absolute atomic E-state index is 11.0. The molecular weight excluding hydrogens is 360 g/mol. The number of rotatable bonds is 7. The summed E-state index contributed by atoms with van der Waals surface area (Å²) >= 11 is 0. The topological polar surface area (TPSA) is 74.2 Å². The lowest BCUT2D eigenvalue weighted by molar-refractivity contribution is -0.137. The molecule has 0 fully saturated rings. The van der Waals surface area contributed by atoms with Crippen molar-refractivity contribution in [2.24, 2.45) is 0 Å². The third-order valence-electron chi connectivity index (χ3n) is 4.28. The molecule has 146 valence electrons. The second-order valence-electron chi connectivity index (χ2n) is 6.29. The maximum atomic E-state index is 11.0. The number of fused-ring (bicyclic) bond motifs is 1. The van der Waals surface area contributed by atoms with Crippen LogP contribution in [0.2, 0.25) is 0 Å². The van der Waals surface area contributed by atoms with E-state index in [1.807, 2.05) is 36.4 Å². The molecule has 0 radical (unpaired) electrons. The zero-order valence-electron chi connectivity index (χ0n) is 15.8. The van der Waals surface area contributed by atoms with Crippen molar-refractivity contribution in [2.75, 3.05) is 20.3 Å². The van der Waals surface area contributed by atoms with Gasteiger partial charge in [0.15, 0.2) is 17.6 Å². The van der Waals surface area contributed by atoms with Crippen LogP contribution in [0.4, 0.5) is 0 Å². The molecule has 1 heterocycles. The van der Waals surface area contributed by atoms with Crippen LogP contribution in [0.15, 0.2) is 42.5 Å². The number of ether oxygens (including phenoxy) is 4. The molecule has 1 aliphatic rings. The van der Waals surface area contributed by atoms with E-state index in [2.05, 4.69) is 11.8 Å². The van der Waals surface area contributed by atoms with E-state index in [1.165, 1.54) is 0 Å². The first kappa shape index (κ1) is 19.4. The number of benzene rings is 2. The number of carboxylic acids is 1. The number of carboxylic acid groups (broad SMARTS) is 1. The first-order valence-electron chi connectivity index (χ1n) is 8.93. The molecule has 0 saturated carbocycles. The number of hydrogen-bond donors (Lipinski definition) is 1. The zero-order valence-corrected chi connectivity index (χ0v) is 15.8. The van der Waals surface area contributed by atoms with Crippen molar-refractivity contribution < 1.29 is 28.8 Å². The molecule has 6 heteroatoms. The molecule has 0 aliphatic carbocycles. The van der Waals surface area contributed by atoms with Gasteiger partial charge in [-0.15, -0.1) is 5.92 Å². The van der Waals surface area contributed by atoms with Crippen molar-refractivity contribution in [3.05, 3.63) is 48.0 Å². The quantitative estimate of drug-likeness (QED) is 0.739. The van der Waals surface area contributed by atoms with Crippen LogP contribution in [0.25, 0.3) is 0 Å². The molecule has 3 rings (SSSR count). The molecule has 0 spiro atoms. The average molecular weight is 382 g/mol. The van der Waals surface area contributed by atoms with Crippen LogP contribution in [-0.4, -0.2) is 37.5 Å². The van der Waals surface area contributed by atoms with Crippen LogP contribution in [-0.2, 0) is 4.79 Å². The minimum absolute atomic E-state index is 0.0306. The van der Waals surface area contributed by atoms with Crippen LogP contribution in [0.1, 0.15) is 24.8 Å². The van der Waals surface area contributed by atoms with Crippen molar-refractivity contribution in [3.8, 4) is 34.8 Å². The van der Waals surface area contributed by atoms with Gasteiger partial charge in [-0.3, -0.25) is 4.79 Å². The molecular formula is C22H22O6. The predicted octanol–water partition coefficient (Wildman–Crippen LogP) is 3.50. The summed E-state index contributed by atoms with van der Waals surface area (Å²) in [6.07, 6.45) is -0.276. The largest absolute Gasteiger partial charge is 0.497 e. The van der Waals surface area contributed by atoms with Gasteiger partial charge in [-0.1, -0.05) is 18.1 Å². The Labute approximate surface area is 164 Å². The average Bonchev–Trinajstić information content (AvgIpc) is 2.71. The Kier molecular flexibility index (Phi) is 6.28. The van der Waals surface area contributed by atoms with Gasteiger partial charge in [0, 0.05) is 6.07 Å². The molecule has 2 aromatic carbocycles. The van der Waals surface area contributed by atoms with Gasteiger partial charge in [-0.2, -0.15) is 0 Å². The van der Waals surface area contributed by atoms with Crippen molar-refractivity contribution in [2.45, 2.75) is 25.4 Å². The molecule has 0 aromatic heterocycles. The molecule has 2 atom stereocenters. The SMILES string of the molecule is CC#C[C@@H](CC(=O)O)c1ccc(OC[C@H]2COc3ccc(OC)cc3O2)cc1. The van der Waals surface area contributed by atoms with Crippen LogP contribution in [0, 0.1) is 11.8 Å². The van der Waals surface area contributed by atoms with Gasteiger partial charge in [0.2, 0.25) is 0 Å². The van der Waals surface area contributed by atoms with Gasteiger partial charge in [0.05, 0.1) is 19.4 Å². The molecule has 2 aromatic rings. The number of hydrogen-bond acceptors (Lipinski definition) is 5. The van der Waals surface area contributed by atoms with Gasteiger partial charge in [0.1, 0.15) is 24.7 Å². The monoisotopic (exact) mass is 382 g/mol. The summed E-state index contributed by atoms with van der Waals surface area (Å²) < 4.78 is 22.6. The normalized spacial score (nSPS) is 15.7. The van der Waals surface area contributed by atoms with E-state index in [0.29, 0.717) is 36.2 Å². The highest BCUT2D eigenvalue weighted by atomic mass is 16.6. The number of aliphatic carboxylic acids is 1. The molecule has 0 bridgehead atoms. The van der Waals surface area contributed by atoms with E-state index in [4.69, 9.17) is 24.1 Å². The summed E-state index contributed by atoms with van der Waals surface area (Å²) in [5.41, 5.74) is 0.849. The lowest BCUT2D eigenvalue weighted by atomic mass is 9.96. The summed E-state index contributed by atoms with van der Waals surface area (Å²) in [6, 6.07) is 12.7. The molecule has 28 heavy (non-hydrogen) atoms. The molecule has 0 amide bonds. The Morgan fingerprint density at radius 1 is 1.21 bits per heavy atom. The molecule has 6 nitrogen and oxygen atoms in total. The fourth-order valence-electron chi connectivity index (χ4n) is 2.89. The van der Waals surface area contributed by atoms with E-state index in [9.17, 15) is 4.79 Å². The summed E-state index contributed by atoms with van der Waals surface area (Å²) in [5, 5.41) is 9.03. The van der Waals surface area contributed by atoms with Gasteiger partial charge in [0.25, 0.3) is 0 Å². The Morgan fingerprint density at radius 3 is 2.64 bits per heavy atom. The van der Waals surface area contributed by atoms with Gasteiger partial charge < -0.3 is 24.1 Å². The van der Waals surface area contributed by atoms with E-state index in [0.717, 1.165) is 5.56 Å². The second kappa shape index (κ2) is 9.05. The number of methoxy groups -OCH3 is 1. The third kappa shape index (κ3) is 4.89. The molecule has 0 unspecified atom stereocenters. The van der Waals surface area contributed by atoms with Crippen LogP contribution in [0.5, 0.6) is 23.0 Å².